The number of amides is 1. The molecule has 0 spiro atoms. The van der Waals surface area contributed by atoms with E-state index in [0.29, 0.717) is 6.04 Å². The largest absolute Gasteiger partial charge is 0.369 e. The summed E-state index contributed by atoms with van der Waals surface area (Å²) >= 11 is 0. The molecule has 13 heavy (non-hydrogen) atoms. The number of carbonyl (C=O) groups excluding carboxylic acids is 1. The number of nitrogens with two attached hydrogens (primary N) is 1. The van der Waals surface area contributed by atoms with Crippen LogP contribution in [0.1, 0.15) is 39.5 Å². The van der Waals surface area contributed by atoms with Gasteiger partial charge in [-0.05, 0) is 32.7 Å². The molecule has 3 N–H and O–H groups in total. The number of nitrogens with one attached hydrogen (secondary N) is 1. The summed E-state index contributed by atoms with van der Waals surface area (Å²) in [6.07, 6.45) is 4.15. The third kappa shape index (κ3) is 2.02. The van der Waals surface area contributed by atoms with Gasteiger partial charge in [-0.2, -0.15) is 0 Å². The van der Waals surface area contributed by atoms with Crippen LogP contribution in [0.4, 0.5) is 0 Å². The van der Waals surface area contributed by atoms with Crippen molar-refractivity contribution < 1.29 is 4.79 Å². The Morgan fingerprint density at radius 1 is 1.69 bits per heavy atom. The molecular weight excluding hydrogens is 164 g/mol. The monoisotopic (exact) mass is 184 g/mol. The van der Waals surface area contributed by atoms with Crippen molar-refractivity contribution in [1.82, 2.24) is 5.32 Å². The first-order chi connectivity index (χ1) is 6.11. The Balaban J connectivity index is 2.69. The van der Waals surface area contributed by atoms with Crippen molar-refractivity contribution >= 4 is 5.91 Å². The SMILES string of the molecule is CCCC(C)(C(N)=O)C1CCCN1. The molecule has 1 rings (SSSR count). The lowest BCUT2D eigenvalue weighted by Crippen LogP contribution is -2.48. The van der Waals surface area contributed by atoms with Crippen LogP contribution in [0, 0.1) is 5.41 Å². The minimum absolute atomic E-state index is 0.159. The predicted molar refractivity (Wildman–Crippen MR) is 53.2 cm³/mol. The van der Waals surface area contributed by atoms with E-state index < -0.39 is 0 Å². The number of primary amides is 1. The average Bonchev–Trinajstić information content (AvgIpc) is 2.56. The Hall–Kier alpha value is -0.570. The molecule has 1 heterocycles. The van der Waals surface area contributed by atoms with Crippen LogP contribution in [-0.2, 0) is 4.79 Å². The van der Waals surface area contributed by atoms with Crippen molar-refractivity contribution in [2.24, 2.45) is 11.1 Å². The van der Waals surface area contributed by atoms with Gasteiger partial charge in [-0.15, -0.1) is 0 Å². The third-order valence-corrected chi connectivity index (χ3v) is 3.16. The Labute approximate surface area is 80.1 Å². The third-order valence-electron chi connectivity index (χ3n) is 3.16. The molecule has 1 amide bonds. The van der Waals surface area contributed by atoms with Crippen molar-refractivity contribution in [3.63, 3.8) is 0 Å². The molecule has 2 unspecified atom stereocenters. The molecule has 0 aliphatic carbocycles. The van der Waals surface area contributed by atoms with Crippen molar-refractivity contribution in [3.8, 4) is 0 Å². The van der Waals surface area contributed by atoms with Crippen LogP contribution in [0.25, 0.3) is 0 Å². The molecule has 0 saturated carbocycles. The van der Waals surface area contributed by atoms with E-state index in [1.165, 1.54) is 0 Å². The Morgan fingerprint density at radius 3 is 2.77 bits per heavy atom. The molecule has 0 bridgehead atoms. The van der Waals surface area contributed by atoms with Crippen LogP contribution in [0.15, 0.2) is 0 Å². The Morgan fingerprint density at radius 2 is 2.38 bits per heavy atom. The Kier molecular flexibility index (Phi) is 3.31. The molecule has 1 aliphatic rings. The molecule has 0 aromatic heterocycles. The minimum Gasteiger partial charge on any atom is -0.369 e. The second-order valence-electron chi connectivity index (χ2n) is 4.18. The maximum Gasteiger partial charge on any atom is 0.224 e. The Bertz CT molecular complexity index is 187. The maximum atomic E-state index is 11.4. The topological polar surface area (TPSA) is 55.1 Å². The summed E-state index contributed by atoms with van der Waals surface area (Å²) in [5.74, 6) is -0.159. The van der Waals surface area contributed by atoms with Crippen molar-refractivity contribution in [2.75, 3.05) is 6.54 Å². The highest BCUT2D eigenvalue weighted by molar-refractivity contribution is 5.81. The summed E-state index contributed by atoms with van der Waals surface area (Å²) in [6.45, 7) is 5.11. The van der Waals surface area contributed by atoms with Gasteiger partial charge in [0.15, 0.2) is 0 Å². The van der Waals surface area contributed by atoms with Gasteiger partial charge in [0, 0.05) is 6.04 Å². The van der Waals surface area contributed by atoms with Gasteiger partial charge in [0.2, 0.25) is 5.91 Å². The van der Waals surface area contributed by atoms with Gasteiger partial charge < -0.3 is 11.1 Å². The lowest BCUT2D eigenvalue weighted by atomic mass is 9.77. The molecule has 3 heteroatoms. The molecule has 0 aromatic rings. The highest BCUT2D eigenvalue weighted by Crippen LogP contribution is 2.31. The second kappa shape index (κ2) is 4.09. The first kappa shape index (κ1) is 10.5. The standard InChI is InChI=1S/C10H20N2O/c1-3-6-10(2,9(11)13)8-5-4-7-12-8/h8,12H,3-7H2,1-2H3,(H2,11,13). The molecular formula is C10H20N2O. The summed E-state index contributed by atoms with van der Waals surface area (Å²) in [6, 6.07) is 0.296. The molecule has 0 aromatic carbocycles. The van der Waals surface area contributed by atoms with E-state index in [1.807, 2.05) is 6.92 Å². The highest BCUT2D eigenvalue weighted by Gasteiger charge is 2.39. The fraction of sp³-hybridized carbons (Fsp3) is 0.900. The predicted octanol–water partition coefficient (Wildman–Crippen LogP) is 1.03. The molecule has 0 radical (unpaired) electrons. The quantitative estimate of drug-likeness (QED) is 0.685. The van der Waals surface area contributed by atoms with Gasteiger partial charge in [0.1, 0.15) is 0 Å². The zero-order chi connectivity index (χ0) is 9.90. The minimum atomic E-state index is -0.342. The van der Waals surface area contributed by atoms with E-state index in [4.69, 9.17) is 5.73 Å². The van der Waals surface area contributed by atoms with Gasteiger partial charge >= 0.3 is 0 Å². The summed E-state index contributed by atoms with van der Waals surface area (Å²) in [5, 5.41) is 3.36. The van der Waals surface area contributed by atoms with Crippen LogP contribution in [-0.4, -0.2) is 18.5 Å². The van der Waals surface area contributed by atoms with E-state index in [2.05, 4.69) is 12.2 Å². The fourth-order valence-electron chi connectivity index (χ4n) is 2.22. The van der Waals surface area contributed by atoms with Crippen molar-refractivity contribution in [2.45, 2.75) is 45.6 Å². The molecule has 76 valence electrons. The van der Waals surface area contributed by atoms with Crippen LogP contribution in [0.2, 0.25) is 0 Å². The summed E-state index contributed by atoms with van der Waals surface area (Å²) < 4.78 is 0. The zero-order valence-corrected chi connectivity index (χ0v) is 8.60. The van der Waals surface area contributed by atoms with Gasteiger partial charge in [0.25, 0.3) is 0 Å². The van der Waals surface area contributed by atoms with Crippen LogP contribution < -0.4 is 11.1 Å². The lowest BCUT2D eigenvalue weighted by Gasteiger charge is -2.32. The molecule has 1 fully saturated rings. The molecule has 3 nitrogen and oxygen atoms in total. The van der Waals surface area contributed by atoms with Gasteiger partial charge in [-0.3, -0.25) is 4.79 Å². The summed E-state index contributed by atoms with van der Waals surface area (Å²) in [4.78, 5) is 11.4. The maximum absolute atomic E-state index is 11.4. The number of hydrogen-bond donors (Lipinski definition) is 2. The van der Waals surface area contributed by atoms with Crippen molar-refractivity contribution in [1.29, 1.82) is 0 Å². The van der Waals surface area contributed by atoms with Gasteiger partial charge in [-0.25, -0.2) is 0 Å². The second-order valence-corrected chi connectivity index (χ2v) is 4.18. The lowest BCUT2D eigenvalue weighted by molar-refractivity contribution is -0.128. The summed E-state index contributed by atoms with van der Waals surface area (Å²) in [7, 11) is 0. The van der Waals surface area contributed by atoms with E-state index in [1.54, 1.807) is 0 Å². The molecule has 2 atom stereocenters. The highest BCUT2D eigenvalue weighted by atomic mass is 16.1. The van der Waals surface area contributed by atoms with E-state index in [-0.39, 0.29) is 11.3 Å². The molecule has 1 aliphatic heterocycles. The van der Waals surface area contributed by atoms with Gasteiger partial charge in [0.05, 0.1) is 5.41 Å². The normalized spacial score (nSPS) is 27.1. The fourth-order valence-corrected chi connectivity index (χ4v) is 2.22. The first-order valence-corrected chi connectivity index (χ1v) is 5.14. The number of hydrogen-bond acceptors (Lipinski definition) is 2. The van der Waals surface area contributed by atoms with E-state index >= 15 is 0 Å². The number of carbonyl (C=O) groups is 1. The van der Waals surface area contributed by atoms with Crippen LogP contribution in [0.3, 0.4) is 0 Å². The smallest absolute Gasteiger partial charge is 0.224 e. The van der Waals surface area contributed by atoms with Crippen LogP contribution in [0.5, 0.6) is 0 Å². The van der Waals surface area contributed by atoms with E-state index in [0.717, 1.165) is 32.2 Å². The number of rotatable bonds is 4. The average molecular weight is 184 g/mol. The molecule has 1 saturated heterocycles. The first-order valence-electron chi connectivity index (χ1n) is 5.14. The van der Waals surface area contributed by atoms with Gasteiger partial charge in [-0.1, -0.05) is 13.3 Å². The van der Waals surface area contributed by atoms with E-state index in [9.17, 15) is 4.79 Å². The zero-order valence-electron chi connectivity index (χ0n) is 8.60. The van der Waals surface area contributed by atoms with Crippen molar-refractivity contribution in [3.05, 3.63) is 0 Å². The van der Waals surface area contributed by atoms with Crippen LogP contribution >= 0.6 is 0 Å². The summed E-state index contributed by atoms with van der Waals surface area (Å²) in [5.41, 5.74) is 5.12.